The number of halogens is 2. The predicted molar refractivity (Wildman–Crippen MR) is 70.2 cm³/mol. The van der Waals surface area contributed by atoms with Crippen molar-refractivity contribution >= 4 is 11.6 Å². The minimum absolute atomic E-state index is 0.0595. The number of nitrogens with one attached hydrogen (secondary N) is 1. The molecule has 17 heavy (non-hydrogen) atoms. The van der Waals surface area contributed by atoms with Crippen LogP contribution in [0.4, 0.5) is 4.39 Å². The van der Waals surface area contributed by atoms with Gasteiger partial charge in [0.15, 0.2) is 0 Å². The van der Waals surface area contributed by atoms with E-state index in [9.17, 15) is 4.39 Å². The largest absolute Gasteiger partial charge is 0.308 e. The Bertz CT molecular complexity index is 417. The predicted octanol–water partition coefficient (Wildman–Crippen LogP) is 4.14. The van der Waals surface area contributed by atoms with Gasteiger partial charge < -0.3 is 5.32 Å². The minimum Gasteiger partial charge on any atom is -0.308 e. The fourth-order valence-corrected chi connectivity index (χ4v) is 2.85. The van der Waals surface area contributed by atoms with Gasteiger partial charge in [-0.05, 0) is 57.4 Å². The molecule has 0 aromatic heterocycles. The summed E-state index contributed by atoms with van der Waals surface area (Å²) < 4.78 is 13.8. The molecule has 0 saturated carbocycles. The lowest BCUT2D eigenvalue weighted by molar-refractivity contribution is 0.221. The molecule has 0 aliphatic carbocycles. The van der Waals surface area contributed by atoms with E-state index in [-0.39, 0.29) is 5.54 Å². The van der Waals surface area contributed by atoms with Gasteiger partial charge in [0.2, 0.25) is 0 Å². The van der Waals surface area contributed by atoms with Crippen LogP contribution in [0.1, 0.15) is 44.7 Å². The van der Waals surface area contributed by atoms with E-state index in [0.717, 1.165) is 24.9 Å². The number of hydrogen-bond acceptors (Lipinski definition) is 1. The van der Waals surface area contributed by atoms with Crippen LogP contribution in [0.5, 0.6) is 0 Å². The summed E-state index contributed by atoms with van der Waals surface area (Å²) in [4.78, 5) is 0. The molecule has 2 rings (SSSR count). The van der Waals surface area contributed by atoms with E-state index in [1.165, 1.54) is 0 Å². The number of alkyl halides is 1. The van der Waals surface area contributed by atoms with Gasteiger partial charge in [-0.2, -0.15) is 0 Å². The molecule has 1 fully saturated rings. The molecule has 1 saturated heterocycles. The van der Waals surface area contributed by atoms with Crippen LogP contribution in [-0.2, 0) is 11.2 Å². The minimum atomic E-state index is -1.34. The molecule has 1 heterocycles. The van der Waals surface area contributed by atoms with Crippen LogP contribution in [-0.4, -0.2) is 6.54 Å². The first-order valence-corrected chi connectivity index (χ1v) is 6.45. The van der Waals surface area contributed by atoms with Crippen molar-refractivity contribution in [3.8, 4) is 0 Å². The maximum Gasteiger partial charge on any atom is 0.130 e. The highest BCUT2D eigenvalue weighted by molar-refractivity contribution is 6.31. The molecule has 1 unspecified atom stereocenters. The van der Waals surface area contributed by atoms with E-state index >= 15 is 0 Å². The van der Waals surface area contributed by atoms with Crippen molar-refractivity contribution in [3.63, 3.8) is 0 Å². The third kappa shape index (κ3) is 2.48. The number of benzene rings is 1. The summed E-state index contributed by atoms with van der Waals surface area (Å²) >= 11 is 6.30. The first kappa shape index (κ1) is 12.8. The molecule has 1 aromatic rings. The van der Waals surface area contributed by atoms with Gasteiger partial charge >= 0.3 is 0 Å². The molecule has 94 valence electrons. The number of rotatable bonds is 2. The Labute approximate surface area is 107 Å². The molecule has 1 aliphatic rings. The smallest absolute Gasteiger partial charge is 0.130 e. The lowest BCUT2D eigenvalue weighted by atomic mass is 9.88. The molecule has 0 bridgehead atoms. The van der Waals surface area contributed by atoms with Crippen LogP contribution < -0.4 is 5.32 Å². The van der Waals surface area contributed by atoms with E-state index in [0.29, 0.717) is 10.6 Å². The van der Waals surface area contributed by atoms with E-state index in [2.05, 4.69) is 12.2 Å². The number of hydrogen-bond donors (Lipinski definition) is 1. The van der Waals surface area contributed by atoms with Gasteiger partial charge in [0, 0.05) is 10.6 Å². The molecular weight excluding hydrogens is 237 g/mol. The highest BCUT2D eigenvalue weighted by Crippen LogP contribution is 2.37. The molecule has 1 nitrogen and oxygen atoms in total. The second kappa shape index (κ2) is 4.25. The monoisotopic (exact) mass is 255 g/mol. The Balaban J connectivity index is 2.38. The van der Waals surface area contributed by atoms with Crippen LogP contribution in [0.15, 0.2) is 18.2 Å². The van der Waals surface area contributed by atoms with Crippen molar-refractivity contribution in [1.29, 1.82) is 0 Å². The Morgan fingerprint density at radius 2 is 2.12 bits per heavy atom. The highest BCUT2D eigenvalue weighted by atomic mass is 35.5. The van der Waals surface area contributed by atoms with Crippen LogP contribution in [0.3, 0.4) is 0 Å². The zero-order valence-corrected chi connectivity index (χ0v) is 11.4. The summed E-state index contributed by atoms with van der Waals surface area (Å²) in [5.41, 5.74) is 0.305. The maximum atomic E-state index is 13.8. The lowest BCUT2D eigenvalue weighted by Gasteiger charge is -2.27. The molecule has 1 N–H and O–H groups in total. The standard InChI is InChI=1S/C14H19ClFN/c1-13(2,16)10-5-6-11(12(15)9-10)14(3)7-4-8-17-14/h5-6,9,17H,4,7-8H2,1-3H3. The van der Waals surface area contributed by atoms with Gasteiger partial charge in [-0.1, -0.05) is 23.7 Å². The molecule has 0 spiro atoms. The third-order valence-corrected chi connectivity index (χ3v) is 3.93. The van der Waals surface area contributed by atoms with Crippen molar-refractivity contribution in [2.45, 2.75) is 44.8 Å². The fraction of sp³-hybridized carbons (Fsp3) is 0.571. The second-order valence-corrected chi connectivity index (χ2v) is 5.94. The van der Waals surface area contributed by atoms with Gasteiger partial charge in [-0.15, -0.1) is 0 Å². The van der Waals surface area contributed by atoms with E-state index in [1.54, 1.807) is 19.9 Å². The van der Waals surface area contributed by atoms with E-state index in [4.69, 9.17) is 11.6 Å². The van der Waals surface area contributed by atoms with Crippen molar-refractivity contribution in [3.05, 3.63) is 34.3 Å². The van der Waals surface area contributed by atoms with Gasteiger partial charge in [-0.25, -0.2) is 4.39 Å². The summed E-state index contributed by atoms with van der Waals surface area (Å²) in [6, 6.07) is 5.55. The van der Waals surface area contributed by atoms with Gasteiger partial charge in [-0.3, -0.25) is 0 Å². The zero-order chi connectivity index (χ0) is 12.7. The summed E-state index contributed by atoms with van der Waals surface area (Å²) in [6.45, 7) is 6.27. The Morgan fingerprint density at radius 1 is 1.41 bits per heavy atom. The summed E-state index contributed by atoms with van der Waals surface area (Å²) in [5.74, 6) is 0. The SMILES string of the molecule is CC(C)(F)c1ccc(C2(C)CCCN2)c(Cl)c1. The zero-order valence-electron chi connectivity index (χ0n) is 10.6. The maximum absolute atomic E-state index is 13.8. The van der Waals surface area contributed by atoms with Gasteiger partial charge in [0.05, 0.1) is 0 Å². The summed E-state index contributed by atoms with van der Waals surface area (Å²) in [6.07, 6.45) is 2.23. The van der Waals surface area contributed by atoms with E-state index < -0.39 is 5.67 Å². The Kier molecular flexibility index (Phi) is 3.21. The Hall–Kier alpha value is -0.600. The summed E-state index contributed by atoms with van der Waals surface area (Å²) in [7, 11) is 0. The van der Waals surface area contributed by atoms with Gasteiger partial charge in [0.25, 0.3) is 0 Å². The molecule has 3 heteroatoms. The molecule has 0 amide bonds. The van der Waals surface area contributed by atoms with Crippen molar-refractivity contribution < 1.29 is 4.39 Å². The average Bonchev–Trinajstić information content (AvgIpc) is 2.64. The molecule has 1 aromatic carbocycles. The Morgan fingerprint density at radius 3 is 2.59 bits per heavy atom. The van der Waals surface area contributed by atoms with Crippen LogP contribution in [0.25, 0.3) is 0 Å². The van der Waals surface area contributed by atoms with E-state index in [1.807, 2.05) is 12.1 Å². The topological polar surface area (TPSA) is 12.0 Å². The molecular formula is C14H19ClFN. The van der Waals surface area contributed by atoms with Crippen LogP contribution in [0, 0.1) is 0 Å². The third-order valence-electron chi connectivity index (χ3n) is 3.62. The van der Waals surface area contributed by atoms with Crippen LogP contribution in [0.2, 0.25) is 5.02 Å². The lowest BCUT2D eigenvalue weighted by Crippen LogP contribution is -2.33. The van der Waals surface area contributed by atoms with Crippen LogP contribution >= 0.6 is 11.6 Å². The first-order valence-electron chi connectivity index (χ1n) is 6.07. The molecule has 1 atom stereocenters. The van der Waals surface area contributed by atoms with Crippen molar-refractivity contribution in [1.82, 2.24) is 5.32 Å². The quantitative estimate of drug-likeness (QED) is 0.837. The second-order valence-electron chi connectivity index (χ2n) is 5.53. The highest BCUT2D eigenvalue weighted by Gasteiger charge is 2.32. The fourth-order valence-electron chi connectivity index (χ4n) is 2.46. The average molecular weight is 256 g/mol. The molecule has 1 aliphatic heterocycles. The normalized spacial score (nSPS) is 25.2. The van der Waals surface area contributed by atoms with Gasteiger partial charge in [0.1, 0.15) is 5.67 Å². The van der Waals surface area contributed by atoms with Crippen molar-refractivity contribution in [2.24, 2.45) is 0 Å². The van der Waals surface area contributed by atoms with Crippen molar-refractivity contribution in [2.75, 3.05) is 6.54 Å². The molecule has 0 radical (unpaired) electrons. The first-order chi connectivity index (χ1) is 7.83. The summed E-state index contributed by atoms with van der Waals surface area (Å²) in [5, 5.41) is 4.13.